The van der Waals surface area contributed by atoms with Crippen LogP contribution < -0.4 is 5.49 Å². The zero-order chi connectivity index (χ0) is 18.1. The van der Waals surface area contributed by atoms with Gasteiger partial charge in [-0.1, -0.05) is 32.9 Å². The summed E-state index contributed by atoms with van der Waals surface area (Å²) in [5.74, 6) is -0.537. The van der Waals surface area contributed by atoms with Crippen LogP contribution in [0, 0.1) is 24.0 Å². The number of rotatable bonds is 3. The van der Waals surface area contributed by atoms with E-state index in [1.165, 1.54) is 0 Å². The molecule has 0 radical (unpaired) electrons. The number of aryl methyl sites for hydroxylation is 2. The summed E-state index contributed by atoms with van der Waals surface area (Å²) in [7, 11) is 0. The topological polar surface area (TPSA) is 98.5 Å². The van der Waals surface area contributed by atoms with Gasteiger partial charge in [-0.15, -0.1) is 0 Å². The monoisotopic (exact) mass is 403 g/mol. The quantitative estimate of drug-likeness (QED) is 0.411. The minimum atomic E-state index is -0.677. The third-order valence-corrected chi connectivity index (χ3v) is 4.43. The summed E-state index contributed by atoms with van der Waals surface area (Å²) in [6.45, 7) is 3.75. The first-order valence-corrected chi connectivity index (χ1v) is 8.10. The molecule has 0 aliphatic carbocycles. The van der Waals surface area contributed by atoms with Crippen LogP contribution in [0.25, 0.3) is 5.69 Å². The number of aromatic nitrogens is 3. The number of benzene rings is 2. The van der Waals surface area contributed by atoms with Crippen molar-refractivity contribution in [2.24, 2.45) is 4.99 Å². The molecule has 128 valence electrons. The summed E-state index contributed by atoms with van der Waals surface area (Å²) in [6.07, 6.45) is 0. The second kappa shape index (κ2) is 6.52. The van der Waals surface area contributed by atoms with Gasteiger partial charge in [0.15, 0.2) is 0 Å². The Labute approximate surface area is 150 Å². The van der Waals surface area contributed by atoms with Crippen LogP contribution in [0.15, 0.2) is 51.9 Å². The van der Waals surface area contributed by atoms with E-state index in [-0.39, 0.29) is 5.49 Å². The van der Waals surface area contributed by atoms with Crippen molar-refractivity contribution in [2.75, 3.05) is 0 Å². The number of halogens is 1. The maximum absolute atomic E-state index is 11.3. The van der Waals surface area contributed by atoms with Gasteiger partial charge in [-0.25, -0.2) is 4.99 Å². The Morgan fingerprint density at radius 3 is 2.64 bits per heavy atom. The molecule has 1 N–H and O–H groups in total. The van der Waals surface area contributed by atoms with Gasteiger partial charge >= 0.3 is 5.82 Å². The van der Waals surface area contributed by atoms with Crippen molar-refractivity contribution in [1.29, 1.82) is 0 Å². The van der Waals surface area contributed by atoms with Gasteiger partial charge in [-0.3, -0.25) is 0 Å². The SMILES string of the molecule is Cc1cccc(-n2nc([N+](=O)[O-])c(=Nc3ccc(Br)c(C)c3)n2O)c1. The molecule has 0 fully saturated rings. The molecular weight excluding hydrogens is 390 g/mol. The summed E-state index contributed by atoms with van der Waals surface area (Å²) in [5, 5.41) is 25.6. The Kier molecular flexibility index (Phi) is 4.41. The minimum absolute atomic E-state index is 0.256. The molecule has 8 nitrogen and oxygen atoms in total. The molecular formula is C16H14BrN5O3. The summed E-state index contributed by atoms with van der Waals surface area (Å²) >= 11 is 3.39. The molecule has 0 atom stereocenters. The Morgan fingerprint density at radius 1 is 1.24 bits per heavy atom. The largest absolute Gasteiger partial charge is 0.438 e. The van der Waals surface area contributed by atoms with Gasteiger partial charge in [0.25, 0.3) is 5.49 Å². The van der Waals surface area contributed by atoms with Crippen LogP contribution in [0.1, 0.15) is 11.1 Å². The van der Waals surface area contributed by atoms with Crippen LogP contribution in [0.3, 0.4) is 0 Å². The molecule has 0 saturated carbocycles. The predicted octanol–water partition coefficient (Wildman–Crippen LogP) is 3.43. The third kappa shape index (κ3) is 3.31. The smallest absolute Gasteiger partial charge is 0.409 e. The van der Waals surface area contributed by atoms with E-state index in [0.29, 0.717) is 16.2 Å². The first-order chi connectivity index (χ1) is 11.9. The van der Waals surface area contributed by atoms with Crippen molar-refractivity contribution in [2.45, 2.75) is 13.8 Å². The fraction of sp³-hybridized carbons (Fsp3) is 0.125. The third-order valence-electron chi connectivity index (χ3n) is 3.54. The van der Waals surface area contributed by atoms with E-state index in [1.54, 1.807) is 36.4 Å². The predicted molar refractivity (Wildman–Crippen MR) is 94.2 cm³/mol. The summed E-state index contributed by atoms with van der Waals surface area (Å²) in [5.41, 5.74) is 2.54. The van der Waals surface area contributed by atoms with Crippen LogP contribution in [0.5, 0.6) is 0 Å². The Hall–Kier alpha value is -2.94. The molecule has 0 unspecified atom stereocenters. The fourth-order valence-corrected chi connectivity index (χ4v) is 2.56. The molecule has 9 heteroatoms. The van der Waals surface area contributed by atoms with Crippen molar-refractivity contribution in [3.8, 4) is 5.69 Å². The number of nitrogens with zero attached hydrogens (tertiary/aromatic N) is 5. The van der Waals surface area contributed by atoms with Crippen molar-refractivity contribution in [1.82, 2.24) is 14.7 Å². The highest BCUT2D eigenvalue weighted by atomic mass is 79.9. The van der Waals surface area contributed by atoms with Gasteiger partial charge in [0.1, 0.15) is 5.69 Å². The normalized spacial score (nSPS) is 11.7. The van der Waals surface area contributed by atoms with Crippen LogP contribution in [0.2, 0.25) is 0 Å². The molecule has 3 aromatic rings. The summed E-state index contributed by atoms with van der Waals surface area (Å²) < 4.78 is 0.897. The molecule has 3 rings (SSSR count). The Bertz CT molecular complexity index is 1040. The van der Waals surface area contributed by atoms with Gasteiger partial charge < -0.3 is 15.3 Å². The lowest BCUT2D eigenvalue weighted by Gasteiger charge is -2.01. The maximum Gasteiger partial charge on any atom is 0.438 e. The van der Waals surface area contributed by atoms with Crippen LogP contribution in [-0.2, 0) is 0 Å². The van der Waals surface area contributed by atoms with E-state index < -0.39 is 10.7 Å². The summed E-state index contributed by atoms with van der Waals surface area (Å²) in [4.78, 5) is 16.5. The van der Waals surface area contributed by atoms with Crippen molar-refractivity contribution in [3.63, 3.8) is 0 Å². The molecule has 1 aromatic heterocycles. The van der Waals surface area contributed by atoms with Crippen LogP contribution >= 0.6 is 15.9 Å². The number of hydrogen-bond donors (Lipinski definition) is 1. The van der Waals surface area contributed by atoms with Crippen LogP contribution in [-0.4, -0.2) is 24.9 Å². The highest BCUT2D eigenvalue weighted by Gasteiger charge is 2.24. The zero-order valence-electron chi connectivity index (χ0n) is 13.4. The first-order valence-electron chi connectivity index (χ1n) is 7.31. The Balaban J connectivity index is 2.24. The first kappa shape index (κ1) is 16.9. The highest BCUT2D eigenvalue weighted by Crippen LogP contribution is 2.22. The van der Waals surface area contributed by atoms with Gasteiger partial charge in [0.2, 0.25) is 0 Å². The van der Waals surface area contributed by atoms with Gasteiger partial charge in [-0.2, -0.15) is 0 Å². The standard InChI is InChI=1S/C16H14BrN5O3/c1-10-4-3-5-13(8-10)20-19-16(22(24)25)15(21(20)23)18-12-6-7-14(17)11(2)9-12/h3-9,23H,1-2H3. The zero-order valence-corrected chi connectivity index (χ0v) is 15.0. The second-order valence-electron chi connectivity index (χ2n) is 5.47. The second-order valence-corrected chi connectivity index (χ2v) is 6.32. The van der Waals surface area contributed by atoms with Crippen molar-refractivity contribution in [3.05, 3.63) is 73.7 Å². The van der Waals surface area contributed by atoms with Gasteiger partial charge in [-0.05, 0) is 65.0 Å². The highest BCUT2D eigenvalue weighted by molar-refractivity contribution is 9.10. The van der Waals surface area contributed by atoms with E-state index in [2.05, 4.69) is 26.0 Å². The number of hydrogen-bond acceptors (Lipinski definition) is 5. The van der Waals surface area contributed by atoms with E-state index in [4.69, 9.17) is 0 Å². The lowest BCUT2D eigenvalue weighted by Crippen LogP contribution is -2.22. The van der Waals surface area contributed by atoms with Crippen LogP contribution in [0.4, 0.5) is 11.5 Å². The summed E-state index contributed by atoms with van der Waals surface area (Å²) in [6, 6.07) is 12.3. The fourth-order valence-electron chi connectivity index (χ4n) is 2.31. The molecule has 0 aliphatic heterocycles. The molecule has 0 saturated heterocycles. The van der Waals surface area contributed by atoms with E-state index >= 15 is 0 Å². The lowest BCUT2D eigenvalue weighted by molar-refractivity contribution is -0.391. The van der Waals surface area contributed by atoms with E-state index in [0.717, 1.165) is 20.4 Å². The maximum atomic E-state index is 11.3. The molecule has 0 aliphatic rings. The van der Waals surface area contributed by atoms with E-state index in [1.807, 2.05) is 19.9 Å². The molecule has 0 bridgehead atoms. The molecule has 0 spiro atoms. The molecule has 25 heavy (non-hydrogen) atoms. The molecule has 0 amide bonds. The van der Waals surface area contributed by atoms with Gasteiger partial charge in [0, 0.05) is 4.47 Å². The average Bonchev–Trinajstić information content (AvgIpc) is 2.88. The average molecular weight is 404 g/mol. The van der Waals surface area contributed by atoms with Crippen molar-refractivity contribution >= 4 is 27.4 Å². The Morgan fingerprint density at radius 2 is 2.00 bits per heavy atom. The van der Waals surface area contributed by atoms with E-state index in [9.17, 15) is 15.3 Å². The number of nitro groups is 1. The molecule has 2 aromatic carbocycles. The van der Waals surface area contributed by atoms with Crippen molar-refractivity contribution < 1.29 is 10.1 Å². The lowest BCUT2D eigenvalue weighted by atomic mass is 10.2. The minimum Gasteiger partial charge on any atom is -0.409 e. The van der Waals surface area contributed by atoms with Gasteiger partial charge in [0.05, 0.1) is 10.8 Å². The molecule has 1 heterocycles.